The molecule has 2 N–H and O–H groups in total. The van der Waals surface area contributed by atoms with Crippen LogP contribution in [-0.2, 0) is 6.61 Å². The molecule has 2 saturated heterocycles. The van der Waals surface area contributed by atoms with E-state index >= 15 is 0 Å². The predicted octanol–water partition coefficient (Wildman–Crippen LogP) is 3.22. The maximum atomic E-state index is 14.6. The van der Waals surface area contributed by atoms with Crippen molar-refractivity contribution in [3.63, 3.8) is 0 Å². The van der Waals surface area contributed by atoms with Crippen molar-refractivity contribution >= 4 is 17.3 Å². The number of benzene rings is 2. The van der Waals surface area contributed by atoms with E-state index in [-0.39, 0.29) is 29.4 Å². The summed E-state index contributed by atoms with van der Waals surface area (Å²) in [6.45, 7) is 4.46. The molecule has 3 heterocycles. The molecule has 5 rings (SSSR count). The minimum atomic E-state index is -0.864. The summed E-state index contributed by atoms with van der Waals surface area (Å²) in [4.78, 5) is 13.0. The van der Waals surface area contributed by atoms with Crippen LogP contribution in [0.1, 0.15) is 5.56 Å². The van der Waals surface area contributed by atoms with Crippen molar-refractivity contribution in [3.8, 4) is 23.0 Å². The molecule has 2 aliphatic rings. The first kappa shape index (κ1) is 26.7. The van der Waals surface area contributed by atoms with Crippen LogP contribution in [0.25, 0.3) is 0 Å². The topological polar surface area (TPSA) is 101 Å². The van der Waals surface area contributed by atoms with Crippen molar-refractivity contribution in [2.24, 2.45) is 5.41 Å². The molecule has 1 aromatic heterocycles. The third-order valence-corrected chi connectivity index (χ3v) is 7.04. The van der Waals surface area contributed by atoms with Gasteiger partial charge in [0.15, 0.2) is 28.9 Å². The van der Waals surface area contributed by atoms with E-state index in [9.17, 15) is 8.78 Å². The third kappa shape index (κ3) is 5.34. The van der Waals surface area contributed by atoms with Crippen LogP contribution in [0.3, 0.4) is 0 Å². The summed E-state index contributed by atoms with van der Waals surface area (Å²) < 4.78 is 50.2. The molecule has 39 heavy (non-hydrogen) atoms. The number of anilines is 3. The molecule has 0 saturated carbocycles. The Labute approximate surface area is 225 Å². The number of aliphatic hydroxyl groups excluding tert-OH is 1. The van der Waals surface area contributed by atoms with E-state index in [1.54, 1.807) is 7.11 Å². The molecule has 2 aliphatic heterocycles. The van der Waals surface area contributed by atoms with Crippen molar-refractivity contribution in [3.05, 3.63) is 53.9 Å². The van der Waals surface area contributed by atoms with Gasteiger partial charge in [0.1, 0.15) is 12.4 Å². The number of hydrogen-bond donors (Lipinski definition) is 2. The number of ether oxygens (including phenoxy) is 4. The van der Waals surface area contributed by atoms with Gasteiger partial charge in [-0.25, -0.2) is 18.7 Å². The lowest BCUT2D eigenvalue weighted by Crippen LogP contribution is -2.72. The molecule has 10 nitrogen and oxygen atoms in total. The molecule has 1 spiro atoms. The van der Waals surface area contributed by atoms with Crippen LogP contribution in [0.15, 0.2) is 36.7 Å². The minimum Gasteiger partial charge on any atom is -0.495 e. The highest BCUT2D eigenvalue weighted by Crippen LogP contribution is 2.45. The van der Waals surface area contributed by atoms with Crippen molar-refractivity contribution in [1.29, 1.82) is 0 Å². The van der Waals surface area contributed by atoms with E-state index in [1.165, 1.54) is 26.6 Å². The summed E-state index contributed by atoms with van der Waals surface area (Å²) in [5, 5.41) is 12.2. The lowest BCUT2D eigenvalue weighted by molar-refractivity contribution is -0.0293. The van der Waals surface area contributed by atoms with Gasteiger partial charge in [-0.15, -0.1) is 0 Å². The predicted molar refractivity (Wildman–Crippen MR) is 140 cm³/mol. The Hall–Kier alpha value is -3.90. The molecular weight excluding hydrogens is 512 g/mol. The number of nitrogens with zero attached hydrogens (tertiary/aromatic N) is 4. The van der Waals surface area contributed by atoms with Gasteiger partial charge in [-0.2, -0.15) is 0 Å². The first-order chi connectivity index (χ1) is 18.9. The number of nitrogens with one attached hydrogen (secondary N) is 1. The summed E-state index contributed by atoms with van der Waals surface area (Å²) >= 11 is 0. The molecule has 3 aromatic rings. The molecule has 0 aliphatic carbocycles. The van der Waals surface area contributed by atoms with Crippen molar-refractivity contribution in [2.75, 3.05) is 70.9 Å². The molecule has 12 heteroatoms. The second-order valence-electron chi connectivity index (χ2n) is 9.72. The van der Waals surface area contributed by atoms with Crippen LogP contribution in [0.4, 0.5) is 26.1 Å². The van der Waals surface area contributed by atoms with Crippen LogP contribution in [0.2, 0.25) is 0 Å². The van der Waals surface area contributed by atoms with Gasteiger partial charge in [-0.05, 0) is 12.1 Å². The van der Waals surface area contributed by atoms with E-state index < -0.39 is 18.2 Å². The highest BCUT2D eigenvalue weighted by atomic mass is 19.1. The van der Waals surface area contributed by atoms with E-state index in [0.29, 0.717) is 11.4 Å². The lowest BCUT2D eigenvalue weighted by Gasteiger charge is -2.61. The van der Waals surface area contributed by atoms with Gasteiger partial charge in [0.2, 0.25) is 5.95 Å². The van der Waals surface area contributed by atoms with Crippen LogP contribution in [-0.4, -0.2) is 80.6 Å². The molecular formula is C27H31F2N5O5. The number of hydrogen-bond acceptors (Lipinski definition) is 10. The Morgan fingerprint density at radius 3 is 2.15 bits per heavy atom. The zero-order chi connectivity index (χ0) is 27.6. The molecule has 2 aromatic carbocycles. The van der Waals surface area contributed by atoms with Gasteiger partial charge in [-0.1, -0.05) is 0 Å². The smallest absolute Gasteiger partial charge is 0.227 e. The first-order valence-electron chi connectivity index (χ1n) is 12.5. The third-order valence-electron chi connectivity index (χ3n) is 7.04. The zero-order valence-corrected chi connectivity index (χ0v) is 22.0. The highest BCUT2D eigenvalue weighted by molar-refractivity contribution is 5.68. The monoisotopic (exact) mass is 543 g/mol. The molecule has 0 radical (unpaired) electrons. The number of halogens is 2. The maximum absolute atomic E-state index is 14.6. The number of rotatable bonds is 11. The van der Waals surface area contributed by atoms with Gasteiger partial charge >= 0.3 is 0 Å². The molecule has 0 unspecified atom stereocenters. The fourth-order valence-electron chi connectivity index (χ4n) is 5.16. The summed E-state index contributed by atoms with van der Waals surface area (Å²) in [6, 6.07) is 6.95. The van der Waals surface area contributed by atoms with E-state index in [2.05, 4.69) is 25.1 Å². The van der Waals surface area contributed by atoms with Crippen LogP contribution < -0.4 is 29.2 Å². The summed E-state index contributed by atoms with van der Waals surface area (Å²) in [5.41, 5.74) is 1.75. The van der Waals surface area contributed by atoms with Crippen molar-refractivity contribution in [2.45, 2.75) is 6.61 Å². The minimum absolute atomic E-state index is 0.148. The summed E-state index contributed by atoms with van der Waals surface area (Å²) in [5.74, 6) is -0.738. The Balaban J connectivity index is 1.19. The molecule has 2 fully saturated rings. The second-order valence-corrected chi connectivity index (χ2v) is 9.72. The fraction of sp³-hybridized carbons (Fsp3) is 0.407. The largest absolute Gasteiger partial charge is 0.495 e. The number of likely N-dealkylation sites (tertiary alicyclic amines) is 1. The first-order valence-corrected chi connectivity index (χ1v) is 12.5. The standard InChI is InChI=1S/C27H31F2N5O5/c1-36-21-8-17(4-5-20(21)34-15-27(16-34)13-33(14-27)6-7-35)32-26-30-10-18(11-31-26)39-12-19-24(28)22(37-2)9-23(38-3)25(19)29/h4-5,8-11,35H,6-7,12-16H2,1-3H3,(H,30,31,32). The quantitative estimate of drug-likeness (QED) is 0.375. The number of aliphatic hydroxyl groups is 1. The Kier molecular flexibility index (Phi) is 7.58. The van der Waals surface area contributed by atoms with Gasteiger partial charge < -0.3 is 34.3 Å². The Morgan fingerprint density at radius 1 is 0.923 bits per heavy atom. The highest BCUT2D eigenvalue weighted by Gasteiger charge is 2.51. The second kappa shape index (κ2) is 11.1. The van der Waals surface area contributed by atoms with E-state index in [4.69, 9.17) is 24.1 Å². The molecule has 208 valence electrons. The number of methoxy groups -OCH3 is 3. The van der Waals surface area contributed by atoms with Crippen molar-refractivity contribution in [1.82, 2.24) is 14.9 Å². The number of β-amino-alcohol motifs (C(OH)–C–C–N with tert-alkyl or cyclic N) is 1. The molecule has 0 bridgehead atoms. The normalized spacial score (nSPS) is 15.9. The van der Waals surface area contributed by atoms with Gasteiger partial charge in [0.05, 0.1) is 51.6 Å². The summed E-state index contributed by atoms with van der Waals surface area (Å²) in [6.07, 6.45) is 2.82. The SMILES string of the molecule is COc1cc(Nc2ncc(OCc3c(F)c(OC)cc(OC)c3F)cn2)ccc1N1CC2(CN(CCO)C2)C1. The zero-order valence-electron chi connectivity index (χ0n) is 22.0. The Morgan fingerprint density at radius 2 is 1.56 bits per heavy atom. The fourth-order valence-corrected chi connectivity index (χ4v) is 5.16. The molecule has 0 amide bonds. The average molecular weight is 544 g/mol. The van der Waals surface area contributed by atoms with Gasteiger partial charge in [0, 0.05) is 56.0 Å². The summed E-state index contributed by atoms with van der Waals surface area (Å²) in [7, 11) is 4.20. The van der Waals surface area contributed by atoms with Crippen LogP contribution in [0.5, 0.6) is 23.0 Å². The average Bonchev–Trinajstić information content (AvgIpc) is 2.90. The van der Waals surface area contributed by atoms with E-state index in [1.807, 2.05) is 18.2 Å². The van der Waals surface area contributed by atoms with Gasteiger partial charge in [-0.3, -0.25) is 4.90 Å². The lowest BCUT2D eigenvalue weighted by atomic mass is 9.72. The Bertz CT molecular complexity index is 1280. The van der Waals surface area contributed by atoms with Gasteiger partial charge in [0.25, 0.3) is 0 Å². The number of aromatic nitrogens is 2. The van der Waals surface area contributed by atoms with Crippen LogP contribution >= 0.6 is 0 Å². The van der Waals surface area contributed by atoms with Crippen molar-refractivity contribution < 1.29 is 32.8 Å². The van der Waals surface area contributed by atoms with E-state index in [0.717, 1.165) is 55.9 Å². The maximum Gasteiger partial charge on any atom is 0.227 e. The molecule has 0 atom stereocenters. The van der Waals surface area contributed by atoms with Crippen LogP contribution in [0, 0.1) is 17.0 Å².